The van der Waals surface area contributed by atoms with Gasteiger partial charge in [0.25, 0.3) is 0 Å². The van der Waals surface area contributed by atoms with E-state index in [2.05, 4.69) is 34.5 Å². The van der Waals surface area contributed by atoms with Crippen molar-refractivity contribution in [2.45, 2.75) is 6.92 Å². The van der Waals surface area contributed by atoms with Gasteiger partial charge in [-0.1, -0.05) is 24.3 Å². The molecule has 24 heavy (non-hydrogen) atoms. The lowest BCUT2D eigenvalue weighted by molar-refractivity contribution is 0.967. The molecule has 0 unspecified atom stereocenters. The van der Waals surface area contributed by atoms with Gasteiger partial charge in [0, 0.05) is 23.1 Å². The van der Waals surface area contributed by atoms with E-state index in [4.69, 9.17) is 5.73 Å². The minimum absolute atomic E-state index is 0.579. The fourth-order valence-electron chi connectivity index (χ4n) is 2.63. The first-order chi connectivity index (χ1) is 11.7. The number of rotatable bonds is 3. The molecule has 0 saturated carbocycles. The Morgan fingerprint density at radius 2 is 1.75 bits per heavy atom. The third kappa shape index (κ3) is 2.79. The van der Waals surface area contributed by atoms with Crippen molar-refractivity contribution < 1.29 is 0 Å². The van der Waals surface area contributed by atoms with Gasteiger partial charge in [0.15, 0.2) is 5.65 Å². The zero-order chi connectivity index (χ0) is 16.5. The van der Waals surface area contributed by atoms with Crippen molar-refractivity contribution >= 4 is 23.0 Å². The van der Waals surface area contributed by atoms with Crippen LogP contribution in [0.5, 0.6) is 0 Å². The molecule has 4 aromatic rings. The number of hydrogen-bond donors (Lipinski definition) is 2. The van der Waals surface area contributed by atoms with Crippen molar-refractivity contribution in [1.29, 1.82) is 0 Å². The van der Waals surface area contributed by atoms with Gasteiger partial charge in [0.05, 0.1) is 0 Å². The molecular weight excluding hydrogens is 298 g/mol. The van der Waals surface area contributed by atoms with E-state index in [1.165, 1.54) is 5.56 Å². The molecule has 5 heteroatoms. The van der Waals surface area contributed by atoms with Crippen molar-refractivity contribution in [3.05, 3.63) is 72.4 Å². The van der Waals surface area contributed by atoms with Crippen molar-refractivity contribution in [3.63, 3.8) is 0 Å². The Bertz CT molecular complexity index is 1000. The zero-order valence-corrected chi connectivity index (χ0v) is 13.3. The number of nitrogen functional groups attached to an aromatic ring is 1. The highest BCUT2D eigenvalue weighted by Crippen LogP contribution is 2.22. The van der Waals surface area contributed by atoms with Crippen LogP contribution in [0.4, 0.5) is 17.3 Å². The highest BCUT2D eigenvalue weighted by molar-refractivity contribution is 5.67. The largest absolute Gasteiger partial charge is 0.399 e. The van der Waals surface area contributed by atoms with Gasteiger partial charge < -0.3 is 11.1 Å². The molecule has 0 bridgehead atoms. The van der Waals surface area contributed by atoms with Gasteiger partial charge in [0.2, 0.25) is 5.95 Å². The van der Waals surface area contributed by atoms with Crippen LogP contribution >= 0.6 is 0 Å². The molecule has 0 saturated heterocycles. The number of benzene rings is 2. The van der Waals surface area contributed by atoms with E-state index in [9.17, 15) is 0 Å². The molecule has 0 atom stereocenters. The summed E-state index contributed by atoms with van der Waals surface area (Å²) in [7, 11) is 0. The van der Waals surface area contributed by atoms with Gasteiger partial charge in [-0.25, -0.2) is 4.52 Å². The molecule has 2 heterocycles. The first-order valence-corrected chi connectivity index (χ1v) is 7.73. The second-order valence-electron chi connectivity index (χ2n) is 5.77. The van der Waals surface area contributed by atoms with Gasteiger partial charge in [-0.05, 0) is 54.4 Å². The number of nitrogens with zero attached hydrogens (tertiary/aromatic N) is 3. The summed E-state index contributed by atoms with van der Waals surface area (Å²) >= 11 is 0. The van der Waals surface area contributed by atoms with Crippen LogP contribution in [-0.2, 0) is 0 Å². The lowest BCUT2D eigenvalue weighted by atomic mass is 10.1. The maximum absolute atomic E-state index is 5.75. The van der Waals surface area contributed by atoms with E-state index >= 15 is 0 Å². The standard InChI is InChI=1S/C19H17N5/c1-13-3-2-4-17(11-13)21-19-22-18-10-7-15(12-24(18)23-19)14-5-8-16(20)9-6-14/h2-12H,20H2,1H3,(H,21,23). The summed E-state index contributed by atoms with van der Waals surface area (Å²) in [6, 6.07) is 19.9. The van der Waals surface area contributed by atoms with E-state index in [1.54, 1.807) is 4.52 Å². The van der Waals surface area contributed by atoms with Gasteiger partial charge in [-0.3, -0.25) is 0 Å². The number of anilines is 3. The van der Waals surface area contributed by atoms with Gasteiger partial charge in [-0.15, -0.1) is 5.10 Å². The average Bonchev–Trinajstić information content (AvgIpc) is 2.97. The van der Waals surface area contributed by atoms with E-state index in [-0.39, 0.29) is 0 Å². The van der Waals surface area contributed by atoms with Crippen molar-refractivity contribution in [2.24, 2.45) is 0 Å². The van der Waals surface area contributed by atoms with Crippen LogP contribution in [0.25, 0.3) is 16.8 Å². The summed E-state index contributed by atoms with van der Waals surface area (Å²) in [4.78, 5) is 4.51. The van der Waals surface area contributed by atoms with E-state index in [0.29, 0.717) is 5.95 Å². The Labute approximate surface area is 139 Å². The summed E-state index contributed by atoms with van der Waals surface area (Å²) in [5.74, 6) is 0.579. The predicted molar refractivity (Wildman–Crippen MR) is 97.3 cm³/mol. The van der Waals surface area contributed by atoms with E-state index in [0.717, 1.165) is 28.1 Å². The summed E-state index contributed by atoms with van der Waals surface area (Å²) in [5, 5.41) is 7.75. The molecule has 0 aliphatic rings. The Morgan fingerprint density at radius 3 is 2.54 bits per heavy atom. The second-order valence-corrected chi connectivity index (χ2v) is 5.77. The first kappa shape index (κ1) is 14.3. The summed E-state index contributed by atoms with van der Waals surface area (Å²) in [6.07, 6.45) is 1.97. The summed E-state index contributed by atoms with van der Waals surface area (Å²) < 4.78 is 1.78. The topological polar surface area (TPSA) is 68.2 Å². The minimum Gasteiger partial charge on any atom is -0.399 e. The highest BCUT2D eigenvalue weighted by Gasteiger charge is 2.06. The fourth-order valence-corrected chi connectivity index (χ4v) is 2.63. The van der Waals surface area contributed by atoms with Crippen LogP contribution in [0.2, 0.25) is 0 Å². The van der Waals surface area contributed by atoms with Crippen LogP contribution in [-0.4, -0.2) is 14.6 Å². The normalized spacial score (nSPS) is 10.9. The van der Waals surface area contributed by atoms with Crippen LogP contribution in [0, 0.1) is 6.92 Å². The molecule has 5 nitrogen and oxygen atoms in total. The van der Waals surface area contributed by atoms with Crippen molar-refractivity contribution in [2.75, 3.05) is 11.1 Å². The fraction of sp³-hybridized carbons (Fsp3) is 0.0526. The number of aryl methyl sites for hydroxylation is 1. The Morgan fingerprint density at radius 1 is 0.958 bits per heavy atom. The molecule has 0 amide bonds. The maximum Gasteiger partial charge on any atom is 0.247 e. The predicted octanol–water partition coefficient (Wildman–Crippen LogP) is 4.03. The van der Waals surface area contributed by atoms with Crippen LogP contribution in [0.15, 0.2) is 66.9 Å². The molecule has 0 radical (unpaired) electrons. The SMILES string of the molecule is Cc1cccc(Nc2nc3ccc(-c4ccc(N)cc4)cn3n2)c1. The molecular formula is C19H17N5. The molecule has 118 valence electrons. The molecule has 3 N–H and O–H groups in total. The van der Waals surface area contributed by atoms with E-state index < -0.39 is 0 Å². The Balaban J connectivity index is 1.67. The number of pyridine rings is 1. The first-order valence-electron chi connectivity index (χ1n) is 7.73. The number of hydrogen-bond acceptors (Lipinski definition) is 4. The molecule has 0 fully saturated rings. The van der Waals surface area contributed by atoms with Gasteiger partial charge in [0.1, 0.15) is 0 Å². The van der Waals surface area contributed by atoms with Crippen molar-refractivity contribution in [3.8, 4) is 11.1 Å². The molecule has 4 rings (SSSR count). The molecule has 0 aliphatic carbocycles. The van der Waals surface area contributed by atoms with Gasteiger partial charge >= 0.3 is 0 Å². The van der Waals surface area contributed by atoms with Crippen LogP contribution in [0.1, 0.15) is 5.56 Å². The molecule has 2 aromatic carbocycles. The smallest absolute Gasteiger partial charge is 0.247 e. The quantitative estimate of drug-likeness (QED) is 0.560. The van der Waals surface area contributed by atoms with Crippen molar-refractivity contribution in [1.82, 2.24) is 14.6 Å². The zero-order valence-electron chi connectivity index (χ0n) is 13.3. The number of fused-ring (bicyclic) bond motifs is 1. The summed E-state index contributed by atoms with van der Waals surface area (Å²) in [5.41, 5.74) is 11.6. The third-order valence-electron chi connectivity index (χ3n) is 3.85. The average molecular weight is 315 g/mol. The molecule has 2 aromatic heterocycles. The minimum atomic E-state index is 0.579. The number of nitrogens with two attached hydrogens (primary N) is 1. The van der Waals surface area contributed by atoms with Crippen LogP contribution in [0.3, 0.4) is 0 Å². The maximum atomic E-state index is 5.75. The molecule has 0 aliphatic heterocycles. The highest BCUT2D eigenvalue weighted by atomic mass is 15.3. The number of nitrogens with one attached hydrogen (secondary N) is 1. The Hall–Kier alpha value is -3.34. The lowest BCUT2D eigenvalue weighted by Crippen LogP contribution is -1.93. The Kier molecular flexibility index (Phi) is 3.39. The monoisotopic (exact) mass is 315 g/mol. The van der Waals surface area contributed by atoms with Gasteiger partial charge in [-0.2, -0.15) is 4.98 Å². The third-order valence-corrected chi connectivity index (χ3v) is 3.85. The number of aromatic nitrogens is 3. The van der Waals surface area contributed by atoms with Crippen LogP contribution < -0.4 is 11.1 Å². The second kappa shape index (κ2) is 5.70. The summed E-state index contributed by atoms with van der Waals surface area (Å²) in [6.45, 7) is 2.06. The molecule has 0 spiro atoms. The van der Waals surface area contributed by atoms with E-state index in [1.807, 2.05) is 54.7 Å². The lowest BCUT2D eigenvalue weighted by Gasteiger charge is -2.02.